The van der Waals surface area contributed by atoms with E-state index in [1.807, 2.05) is 7.05 Å². The van der Waals surface area contributed by atoms with Crippen molar-refractivity contribution in [3.05, 3.63) is 23.2 Å². The summed E-state index contributed by atoms with van der Waals surface area (Å²) in [4.78, 5) is 16.2. The van der Waals surface area contributed by atoms with Crippen LogP contribution in [0.1, 0.15) is 12.5 Å². The van der Waals surface area contributed by atoms with Gasteiger partial charge in [0.1, 0.15) is 10.6 Å². The molecule has 0 bridgehead atoms. The molecule has 2 heterocycles. The van der Waals surface area contributed by atoms with Crippen molar-refractivity contribution in [1.82, 2.24) is 10.3 Å². The van der Waals surface area contributed by atoms with Crippen molar-refractivity contribution in [1.29, 1.82) is 0 Å². The van der Waals surface area contributed by atoms with E-state index in [0.29, 0.717) is 5.75 Å². The smallest absolute Gasteiger partial charge is 0.308 e. The number of hydrogen-bond donors (Lipinski definition) is 1. The lowest BCUT2D eigenvalue weighted by molar-refractivity contribution is -0.131. The molecule has 1 N–H and O–H groups in total. The topological polar surface area (TPSA) is 51.2 Å². The number of aromatic nitrogens is 1. The summed E-state index contributed by atoms with van der Waals surface area (Å²) < 4.78 is 5.21. The average Bonchev–Trinajstić information content (AvgIpc) is 2.70. The van der Waals surface area contributed by atoms with E-state index < -0.39 is 0 Å². The summed E-state index contributed by atoms with van der Waals surface area (Å²) in [6, 6.07) is 1.74. The third-order valence-corrected chi connectivity index (χ3v) is 3.35. The fraction of sp³-hybridized carbons (Fsp3) is 0.333. The molecule has 0 unspecified atom stereocenters. The molecule has 17 heavy (non-hydrogen) atoms. The standard InChI is InChI=1S/C12H14N2O2S/c1-8(15)16-10-4-6-14-12-11(10)9(7-17-12)3-5-13-2/h4,6-7,13H,3,5H2,1-2H3. The summed E-state index contributed by atoms with van der Waals surface area (Å²) >= 11 is 1.58. The highest BCUT2D eigenvalue weighted by Gasteiger charge is 2.11. The van der Waals surface area contributed by atoms with Gasteiger partial charge in [-0.15, -0.1) is 11.3 Å². The van der Waals surface area contributed by atoms with Crippen LogP contribution in [0.2, 0.25) is 0 Å². The molecular weight excluding hydrogens is 236 g/mol. The van der Waals surface area contributed by atoms with Gasteiger partial charge < -0.3 is 10.1 Å². The molecule has 0 radical (unpaired) electrons. The Morgan fingerprint density at radius 2 is 2.41 bits per heavy atom. The number of carbonyl (C=O) groups excluding carboxylic acids is 1. The van der Waals surface area contributed by atoms with Gasteiger partial charge in [0.05, 0.1) is 5.39 Å². The van der Waals surface area contributed by atoms with E-state index in [1.54, 1.807) is 23.6 Å². The average molecular weight is 250 g/mol. The number of carbonyl (C=O) groups is 1. The minimum Gasteiger partial charge on any atom is -0.426 e. The SMILES string of the molecule is CNCCc1csc2nccc(OC(C)=O)c12. The number of pyridine rings is 1. The molecule has 0 saturated carbocycles. The molecule has 0 aromatic carbocycles. The molecule has 0 saturated heterocycles. The van der Waals surface area contributed by atoms with Crippen LogP contribution in [0.15, 0.2) is 17.6 Å². The Morgan fingerprint density at radius 3 is 3.12 bits per heavy atom. The molecular formula is C12H14N2O2S. The Hall–Kier alpha value is -1.46. The van der Waals surface area contributed by atoms with Crippen molar-refractivity contribution in [2.45, 2.75) is 13.3 Å². The zero-order valence-corrected chi connectivity index (χ0v) is 10.6. The van der Waals surface area contributed by atoms with Crippen LogP contribution >= 0.6 is 11.3 Å². The maximum Gasteiger partial charge on any atom is 0.308 e. The van der Waals surface area contributed by atoms with Crippen molar-refractivity contribution in [2.24, 2.45) is 0 Å². The molecule has 4 nitrogen and oxygen atoms in total. The number of nitrogens with one attached hydrogen (secondary N) is 1. The maximum atomic E-state index is 11.1. The second kappa shape index (κ2) is 5.25. The van der Waals surface area contributed by atoms with Crippen molar-refractivity contribution in [3.63, 3.8) is 0 Å². The van der Waals surface area contributed by atoms with Gasteiger partial charge in [-0.3, -0.25) is 4.79 Å². The van der Waals surface area contributed by atoms with Gasteiger partial charge in [-0.1, -0.05) is 0 Å². The fourth-order valence-corrected chi connectivity index (χ4v) is 2.64. The van der Waals surface area contributed by atoms with Crippen LogP contribution in [-0.4, -0.2) is 24.5 Å². The Balaban J connectivity index is 2.43. The van der Waals surface area contributed by atoms with E-state index in [2.05, 4.69) is 15.7 Å². The first kappa shape index (κ1) is 12.0. The van der Waals surface area contributed by atoms with Crippen molar-refractivity contribution in [3.8, 4) is 5.75 Å². The van der Waals surface area contributed by atoms with Gasteiger partial charge in [0.15, 0.2) is 0 Å². The Bertz CT molecular complexity index is 536. The summed E-state index contributed by atoms with van der Waals surface area (Å²) in [6.45, 7) is 2.30. The molecule has 0 spiro atoms. The molecule has 0 amide bonds. The largest absolute Gasteiger partial charge is 0.426 e. The van der Waals surface area contributed by atoms with Crippen molar-refractivity contribution < 1.29 is 9.53 Å². The molecule has 0 fully saturated rings. The van der Waals surface area contributed by atoms with Crippen LogP contribution in [0.25, 0.3) is 10.2 Å². The third kappa shape index (κ3) is 2.62. The second-order valence-electron chi connectivity index (χ2n) is 3.70. The first-order valence-electron chi connectivity index (χ1n) is 5.40. The van der Waals surface area contributed by atoms with Gasteiger partial charge in [0.25, 0.3) is 0 Å². The molecule has 2 aromatic rings. The zero-order valence-electron chi connectivity index (χ0n) is 9.82. The van der Waals surface area contributed by atoms with Gasteiger partial charge in [0.2, 0.25) is 0 Å². The number of likely N-dealkylation sites (N-methyl/N-ethyl adjacent to an activating group) is 1. The van der Waals surface area contributed by atoms with E-state index in [9.17, 15) is 4.79 Å². The zero-order chi connectivity index (χ0) is 12.3. The van der Waals surface area contributed by atoms with E-state index in [-0.39, 0.29) is 5.97 Å². The van der Waals surface area contributed by atoms with E-state index >= 15 is 0 Å². The van der Waals surface area contributed by atoms with Gasteiger partial charge in [-0.2, -0.15) is 0 Å². The highest BCUT2D eigenvalue weighted by atomic mass is 32.1. The minimum absolute atomic E-state index is 0.303. The fourth-order valence-electron chi connectivity index (χ4n) is 1.68. The number of fused-ring (bicyclic) bond motifs is 1. The number of rotatable bonds is 4. The lowest BCUT2D eigenvalue weighted by Crippen LogP contribution is -2.10. The lowest BCUT2D eigenvalue weighted by Gasteiger charge is -2.05. The predicted molar refractivity (Wildman–Crippen MR) is 68.6 cm³/mol. The van der Waals surface area contributed by atoms with E-state index in [4.69, 9.17) is 4.74 Å². The van der Waals surface area contributed by atoms with E-state index in [1.165, 1.54) is 12.5 Å². The summed E-state index contributed by atoms with van der Waals surface area (Å²) in [7, 11) is 1.92. The summed E-state index contributed by atoms with van der Waals surface area (Å²) in [5, 5.41) is 6.14. The molecule has 0 aliphatic rings. The summed E-state index contributed by atoms with van der Waals surface area (Å²) in [6.07, 6.45) is 2.56. The van der Waals surface area contributed by atoms with E-state index in [0.717, 1.165) is 23.2 Å². The van der Waals surface area contributed by atoms with Crippen LogP contribution in [0, 0.1) is 0 Å². The number of esters is 1. The summed E-state index contributed by atoms with van der Waals surface area (Å²) in [5.41, 5.74) is 1.17. The van der Waals surface area contributed by atoms with Gasteiger partial charge in [-0.25, -0.2) is 4.98 Å². The first-order valence-corrected chi connectivity index (χ1v) is 6.28. The second-order valence-corrected chi connectivity index (χ2v) is 4.56. The number of ether oxygens (including phenoxy) is 1. The van der Waals surface area contributed by atoms with Crippen LogP contribution in [-0.2, 0) is 11.2 Å². The number of thiophene rings is 1. The molecule has 2 rings (SSSR count). The normalized spacial score (nSPS) is 10.7. The van der Waals surface area contributed by atoms with Crippen LogP contribution < -0.4 is 10.1 Å². The highest BCUT2D eigenvalue weighted by molar-refractivity contribution is 7.17. The molecule has 0 aliphatic carbocycles. The highest BCUT2D eigenvalue weighted by Crippen LogP contribution is 2.32. The Kier molecular flexibility index (Phi) is 3.71. The van der Waals surface area contributed by atoms with Crippen LogP contribution in [0.3, 0.4) is 0 Å². The van der Waals surface area contributed by atoms with Crippen molar-refractivity contribution in [2.75, 3.05) is 13.6 Å². The summed E-state index contributed by atoms with van der Waals surface area (Å²) in [5.74, 6) is 0.304. The first-order chi connectivity index (χ1) is 8.22. The van der Waals surface area contributed by atoms with Gasteiger partial charge >= 0.3 is 5.97 Å². The number of hydrogen-bond acceptors (Lipinski definition) is 5. The predicted octanol–water partition coefficient (Wildman–Crippen LogP) is 1.98. The van der Waals surface area contributed by atoms with Crippen molar-refractivity contribution >= 4 is 27.5 Å². The third-order valence-electron chi connectivity index (χ3n) is 2.41. The van der Waals surface area contributed by atoms with Crippen LogP contribution in [0.5, 0.6) is 5.75 Å². The minimum atomic E-state index is -0.303. The quantitative estimate of drug-likeness (QED) is 0.843. The maximum absolute atomic E-state index is 11.1. The number of nitrogens with zero attached hydrogens (tertiary/aromatic N) is 1. The van der Waals surface area contributed by atoms with Gasteiger partial charge in [-0.05, 0) is 37.0 Å². The molecule has 0 aliphatic heterocycles. The Morgan fingerprint density at radius 1 is 1.59 bits per heavy atom. The monoisotopic (exact) mass is 250 g/mol. The van der Waals surface area contributed by atoms with Gasteiger partial charge in [0, 0.05) is 13.1 Å². The molecule has 0 atom stereocenters. The molecule has 90 valence electrons. The molecule has 5 heteroatoms. The van der Waals surface area contributed by atoms with Crippen LogP contribution in [0.4, 0.5) is 0 Å². The molecule has 2 aromatic heterocycles. The lowest BCUT2D eigenvalue weighted by atomic mass is 10.1. The Labute approximate surface area is 104 Å².